The SMILES string of the molecule is Cc1csc(NCCBr)n1. The molecule has 10 heavy (non-hydrogen) atoms. The molecule has 1 aromatic rings. The maximum absolute atomic E-state index is 4.23. The van der Waals surface area contributed by atoms with Gasteiger partial charge in [0.05, 0.1) is 5.69 Å². The molecule has 1 aromatic heterocycles. The summed E-state index contributed by atoms with van der Waals surface area (Å²) in [5.41, 5.74) is 1.09. The molecule has 4 heteroatoms. The van der Waals surface area contributed by atoms with E-state index < -0.39 is 0 Å². The quantitative estimate of drug-likeness (QED) is 0.792. The zero-order valence-electron chi connectivity index (χ0n) is 5.72. The Labute approximate surface area is 72.8 Å². The van der Waals surface area contributed by atoms with Gasteiger partial charge in [-0.1, -0.05) is 15.9 Å². The van der Waals surface area contributed by atoms with Crippen LogP contribution in [0, 0.1) is 6.92 Å². The fourth-order valence-electron chi connectivity index (χ4n) is 0.589. The fraction of sp³-hybridized carbons (Fsp3) is 0.500. The summed E-state index contributed by atoms with van der Waals surface area (Å²) >= 11 is 4.97. The summed E-state index contributed by atoms with van der Waals surface area (Å²) in [6, 6.07) is 0. The third kappa shape index (κ3) is 2.27. The molecule has 0 fully saturated rings. The van der Waals surface area contributed by atoms with Gasteiger partial charge in [0.2, 0.25) is 0 Å². The maximum Gasteiger partial charge on any atom is 0.182 e. The number of aromatic nitrogens is 1. The highest BCUT2D eigenvalue weighted by molar-refractivity contribution is 9.09. The number of alkyl halides is 1. The number of rotatable bonds is 3. The predicted octanol–water partition coefficient (Wildman–Crippen LogP) is 2.26. The van der Waals surface area contributed by atoms with Crippen LogP contribution in [0.2, 0.25) is 0 Å². The Bertz CT molecular complexity index is 199. The average Bonchev–Trinajstić information content (AvgIpc) is 2.31. The number of nitrogens with zero attached hydrogens (tertiary/aromatic N) is 1. The van der Waals surface area contributed by atoms with Crippen molar-refractivity contribution in [1.82, 2.24) is 4.98 Å². The minimum atomic E-state index is 0.937. The van der Waals surface area contributed by atoms with Crippen molar-refractivity contribution in [3.8, 4) is 0 Å². The van der Waals surface area contributed by atoms with E-state index in [0.717, 1.165) is 22.7 Å². The van der Waals surface area contributed by atoms with Gasteiger partial charge in [-0.05, 0) is 6.92 Å². The molecule has 56 valence electrons. The van der Waals surface area contributed by atoms with Gasteiger partial charge in [0.25, 0.3) is 0 Å². The topological polar surface area (TPSA) is 24.9 Å². The number of anilines is 1. The van der Waals surface area contributed by atoms with Crippen molar-refractivity contribution in [1.29, 1.82) is 0 Å². The van der Waals surface area contributed by atoms with E-state index in [9.17, 15) is 0 Å². The van der Waals surface area contributed by atoms with Gasteiger partial charge in [-0.25, -0.2) is 4.98 Å². The van der Waals surface area contributed by atoms with E-state index in [1.54, 1.807) is 11.3 Å². The average molecular weight is 221 g/mol. The third-order valence-corrected chi connectivity index (χ3v) is 2.30. The first kappa shape index (κ1) is 8.01. The molecule has 2 nitrogen and oxygen atoms in total. The predicted molar refractivity (Wildman–Crippen MR) is 49.1 cm³/mol. The van der Waals surface area contributed by atoms with Gasteiger partial charge in [0.15, 0.2) is 5.13 Å². The van der Waals surface area contributed by atoms with E-state index >= 15 is 0 Å². The number of nitrogens with one attached hydrogen (secondary N) is 1. The molecule has 1 heterocycles. The molecule has 0 unspecified atom stereocenters. The van der Waals surface area contributed by atoms with Crippen molar-refractivity contribution in [3.05, 3.63) is 11.1 Å². The van der Waals surface area contributed by atoms with E-state index in [-0.39, 0.29) is 0 Å². The standard InChI is InChI=1S/C6H9BrN2S/c1-5-4-10-6(9-5)8-3-2-7/h4H,2-3H2,1H3,(H,8,9). The second kappa shape index (κ2) is 3.93. The molecular formula is C6H9BrN2S. The monoisotopic (exact) mass is 220 g/mol. The molecule has 0 aliphatic rings. The molecule has 0 atom stereocenters. The van der Waals surface area contributed by atoms with Crippen LogP contribution < -0.4 is 5.32 Å². The molecule has 0 saturated carbocycles. The molecule has 1 N–H and O–H groups in total. The van der Waals surface area contributed by atoms with Crippen molar-refractivity contribution < 1.29 is 0 Å². The van der Waals surface area contributed by atoms with Crippen LogP contribution in [-0.4, -0.2) is 16.9 Å². The van der Waals surface area contributed by atoms with Crippen LogP contribution in [0.25, 0.3) is 0 Å². The smallest absolute Gasteiger partial charge is 0.182 e. The molecule has 0 bridgehead atoms. The van der Waals surface area contributed by atoms with Gasteiger partial charge in [0.1, 0.15) is 0 Å². The van der Waals surface area contributed by atoms with Gasteiger partial charge < -0.3 is 5.32 Å². The normalized spacial score (nSPS) is 9.80. The van der Waals surface area contributed by atoms with E-state index in [0.29, 0.717) is 0 Å². The largest absolute Gasteiger partial charge is 0.361 e. The summed E-state index contributed by atoms with van der Waals surface area (Å²) in [4.78, 5) is 4.23. The van der Waals surface area contributed by atoms with Gasteiger partial charge in [0, 0.05) is 17.3 Å². The molecule has 0 aliphatic heterocycles. The van der Waals surface area contributed by atoms with E-state index in [2.05, 4.69) is 26.2 Å². The van der Waals surface area contributed by atoms with Gasteiger partial charge >= 0.3 is 0 Å². The van der Waals surface area contributed by atoms with Crippen LogP contribution in [0.4, 0.5) is 5.13 Å². The molecule has 1 rings (SSSR count). The molecule has 0 amide bonds. The van der Waals surface area contributed by atoms with Crippen molar-refractivity contribution in [2.24, 2.45) is 0 Å². The van der Waals surface area contributed by atoms with Gasteiger partial charge in [-0.2, -0.15) is 0 Å². The highest BCUT2D eigenvalue weighted by Gasteiger charge is 1.94. The van der Waals surface area contributed by atoms with E-state index in [1.807, 2.05) is 12.3 Å². The summed E-state index contributed by atoms with van der Waals surface area (Å²) in [5, 5.41) is 7.19. The fourth-order valence-corrected chi connectivity index (χ4v) is 1.50. The molecular weight excluding hydrogens is 212 g/mol. The Morgan fingerprint density at radius 1 is 1.80 bits per heavy atom. The van der Waals surface area contributed by atoms with Crippen LogP contribution in [0.5, 0.6) is 0 Å². The third-order valence-electron chi connectivity index (χ3n) is 0.990. The van der Waals surface area contributed by atoms with Crippen LogP contribution >= 0.6 is 27.3 Å². The van der Waals surface area contributed by atoms with E-state index in [1.165, 1.54) is 0 Å². The van der Waals surface area contributed by atoms with Gasteiger partial charge in [-0.3, -0.25) is 0 Å². The lowest BCUT2D eigenvalue weighted by Crippen LogP contribution is -2.01. The lowest BCUT2D eigenvalue weighted by molar-refractivity contribution is 1.18. The van der Waals surface area contributed by atoms with E-state index in [4.69, 9.17) is 0 Å². The number of halogens is 1. The number of thiazole rings is 1. The molecule has 0 aromatic carbocycles. The first-order chi connectivity index (χ1) is 4.83. The minimum Gasteiger partial charge on any atom is -0.361 e. The Kier molecular flexibility index (Phi) is 3.15. The van der Waals surface area contributed by atoms with Crippen molar-refractivity contribution in [3.63, 3.8) is 0 Å². The maximum atomic E-state index is 4.23. The summed E-state index contributed by atoms with van der Waals surface area (Å²) in [6.07, 6.45) is 0. The zero-order valence-corrected chi connectivity index (χ0v) is 8.13. The van der Waals surface area contributed by atoms with Crippen LogP contribution in [-0.2, 0) is 0 Å². The van der Waals surface area contributed by atoms with Crippen LogP contribution in [0.15, 0.2) is 5.38 Å². The first-order valence-electron chi connectivity index (χ1n) is 3.05. The number of hydrogen-bond acceptors (Lipinski definition) is 3. The Balaban J connectivity index is 2.42. The molecule has 0 spiro atoms. The first-order valence-corrected chi connectivity index (χ1v) is 5.05. The second-order valence-corrected chi connectivity index (χ2v) is 3.56. The highest BCUT2D eigenvalue weighted by Crippen LogP contribution is 2.13. The summed E-state index contributed by atoms with van der Waals surface area (Å²) in [7, 11) is 0. The molecule has 0 aliphatic carbocycles. The lowest BCUT2D eigenvalue weighted by atomic mass is 10.6. The lowest BCUT2D eigenvalue weighted by Gasteiger charge is -1.95. The van der Waals surface area contributed by atoms with Crippen molar-refractivity contribution >= 4 is 32.4 Å². The number of hydrogen-bond donors (Lipinski definition) is 1. The second-order valence-electron chi connectivity index (χ2n) is 1.91. The van der Waals surface area contributed by atoms with Crippen molar-refractivity contribution in [2.45, 2.75) is 6.92 Å². The summed E-state index contributed by atoms with van der Waals surface area (Å²) in [6.45, 7) is 2.93. The highest BCUT2D eigenvalue weighted by atomic mass is 79.9. The Morgan fingerprint density at radius 2 is 2.60 bits per heavy atom. The Hall–Kier alpha value is -0.0900. The molecule has 0 saturated heterocycles. The van der Waals surface area contributed by atoms with Crippen molar-refractivity contribution in [2.75, 3.05) is 17.2 Å². The molecule has 0 radical (unpaired) electrons. The van der Waals surface area contributed by atoms with Crippen LogP contribution in [0.3, 0.4) is 0 Å². The van der Waals surface area contributed by atoms with Crippen LogP contribution in [0.1, 0.15) is 5.69 Å². The van der Waals surface area contributed by atoms with Gasteiger partial charge in [-0.15, -0.1) is 11.3 Å². The summed E-state index contributed by atoms with van der Waals surface area (Å²) in [5.74, 6) is 0. The summed E-state index contributed by atoms with van der Waals surface area (Å²) < 4.78 is 0. The number of aryl methyl sites for hydroxylation is 1. The zero-order chi connectivity index (χ0) is 7.40. The minimum absolute atomic E-state index is 0.937. The Morgan fingerprint density at radius 3 is 3.10 bits per heavy atom.